The average Bonchev–Trinajstić information content (AvgIpc) is 2.30. The number of hydrogen-bond donors (Lipinski definition) is 3. The summed E-state index contributed by atoms with van der Waals surface area (Å²) in [7, 11) is 0. The lowest BCUT2D eigenvalue weighted by Gasteiger charge is -2.07. The second-order valence-corrected chi connectivity index (χ2v) is 3.44. The molecule has 0 saturated heterocycles. The fraction of sp³-hybridized carbons (Fsp3) is 0.364. The van der Waals surface area contributed by atoms with E-state index in [-0.39, 0.29) is 11.4 Å². The van der Waals surface area contributed by atoms with Crippen LogP contribution < -0.4 is 11.1 Å². The number of amidine groups is 1. The first-order valence-corrected chi connectivity index (χ1v) is 5.16. The summed E-state index contributed by atoms with van der Waals surface area (Å²) < 4.78 is 13.8. The molecule has 0 aliphatic rings. The maximum Gasteiger partial charge on any atom is 0.173 e. The Bertz CT molecular complexity index is 379. The molecular formula is C11H16FN3O. The van der Waals surface area contributed by atoms with Crippen LogP contribution in [0.25, 0.3) is 0 Å². The van der Waals surface area contributed by atoms with Gasteiger partial charge in [-0.15, -0.1) is 0 Å². The fourth-order valence-electron chi connectivity index (χ4n) is 1.37. The van der Waals surface area contributed by atoms with Gasteiger partial charge >= 0.3 is 0 Å². The van der Waals surface area contributed by atoms with E-state index in [9.17, 15) is 4.39 Å². The van der Waals surface area contributed by atoms with E-state index < -0.39 is 5.82 Å². The normalized spacial score (nSPS) is 11.8. The molecule has 88 valence electrons. The van der Waals surface area contributed by atoms with Gasteiger partial charge in [0.1, 0.15) is 5.82 Å². The van der Waals surface area contributed by atoms with Crippen molar-refractivity contribution in [2.45, 2.75) is 19.9 Å². The summed E-state index contributed by atoms with van der Waals surface area (Å²) in [6, 6.07) is 4.83. The smallest absolute Gasteiger partial charge is 0.173 e. The molecule has 0 aromatic heterocycles. The van der Waals surface area contributed by atoms with Gasteiger partial charge in [-0.2, -0.15) is 0 Å². The average molecular weight is 225 g/mol. The standard InChI is InChI=1S/C11H16FN3O/c1-2-6-14-7-8-4-3-5-9(10(8)12)11(13)15-16/h3-5,14,16H,2,6-7H2,1H3,(H2,13,15). The maximum atomic E-state index is 13.8. The minimum absolute atomic E-state index is 0.123. The van der Waals surface area contributed by atoms with E-state index in [0.717, 1.165) is 13.0 Å². The Balaban J connectivity index is 2.86. The molecule has 1 rings (SSSR count). The highest BCUT2D eigenvalue weighted by Crippen LogP contribution is 2.12. The predicted octanol–water partition coefficient (Wildman–Crippen LogP) is 1.42. The molecule has 1 aromatic rings. The molecule has 0 atom stereocenters. The Kier molecular flexibility index (Phi) is 4.72. The molecule has 1 aromatic carbocycles. The quantitative estimate of drug-likeness (QED) is 0.233. The van der Waals surface area contributed by atoms with Crippen LogP contribution >= 0.6 is 0 Å². The van der Waals surface area contributed by atoms with Gasteiger partial charge < -0.3 is 16.3 Å². The first-order chi connectivity index (χ1) is 7.70. The minimum Gasteiger partial charge on any atom is -0.409 e. The molecule has 0 amide bonds. The topological polar surface area (TPSA) is 70.6 Å². The molecule has 0 aliphatic carbocycles. The summed E-state index contributed by atoms with van der Waals surface area (Å²) in [4.78, 5) is 0. The van der Waals surface area contributed by atoms with Gasteiger partial charge in [-0.3, -0.25) is 0 Å². The summed E-state index contributed by atoms with van der Waals surface area (Å²) in [5.41, 5.74) is 5.99. The van der Waals surface area contributed by atoms with Gasteiger partial charge in [0, 0.05) is 12.1 Å². The van der Waals surface area contributed by atoms with Crippen molar-refractivity contribution in [2.24, 2.45) is 10.9 Å². The summed E-state index contributed by atoms with van der Waals surface area (Å²) in [6.45, 7) is 3.30. The second kappa shape index (κ2) is 6.07. The molecule has 0 radical (unpaired) electrons. The van der Waals surface area contributed by atoms with E-state index in [2.05, 4.69) is 10.5 Å². The van der Waals surface area contributed by atoms with Crippen LogP contribution in [-0.4, -0.2) is 17.6 Å². The predicted molar refractivity (Wildman–Crippen MR) is 60.9 cm³/mol. The largest absolute Gasteiger partial charge is 0.409 e. The number of oxime groups is 1. The van der Waals surface area contributed by atoms with E-state index in [1.807, 2.05) is 6.92 Å². The zero-order chi connectivity index (χ0) is 12.0. The fourth-order valence-corrected chi connectivity index (χ4v) is 1.37. The zero-order valence-electron chi connectivity index (χ0n) is 9.20. The highest BCUT2D eigenvalue weighted by molar-refractivity contribution is 5.97. The number of nitrogens with zero attached hydrogens (tertiary/aromatic N) is 1. The van der Waals surface area contributed by atoms with Crippen LogP contribution in [0.1, 0.15) is 24.5 Å². The number of hydrogen-bond acceptors (Lipinski definition) is 3. The summed E-state index contributed by atoms with van der Waals surface area (Å²) in [6.07, 6.45) is 0.988. The first-order valence-electron chi connectivity index (χ1n) is 5.16. The van der Waals surface area contributed by atoms with Crippen molar-refractivity contribution in [2.75, 3.05) is 6.54 Å². The third-order valence-electron chi connectivity index (χ3n) is 2.20. The third kappa shape index (κ3) is 2.93. The van der Waals surface area contributed by atoms with E-state index >= 15 is 0 Å². The van der Waals surface area contributed by atoms with Crippen LogP contribution in [0, 0.1) is 5.82 Å². The zero-order valence-corrected chi connectivity index (χ0v) is 9.20. The van der Waals surface area contributed by atoms with Gasteiger partial charge in [0.05, 0.1) is 5.56 Å². The second-order valence-electron chi connectivity index (χ2n) is 3.44. The number of halogens is 1. The maximum absolute atomic E-state index is 13.8. The number of nitrogens with one attached hydrogen (secondary N) is 1. The SMILES string of the molecule is CCCNCc1cccc(/C(N)=N/O)c1F. The Labute approximate surface area is 94.0 Å². The Morgan fingerprint density at radius 1 is 1.56 bits per heavy atom. The van der Waals surface area contributed by atoms with E-state index in [4.69, 9.17) is 10.9 Å². The van der Waals surface area contributed by atoms with Gasteiger partial charge in [0.25, 0.3) is 0 Å². The summed E-state index contributed by atoms with van der Waals surface area (Å²) in [5, 5.41) is 14.4. The molecule has 0 aliphatic heterocycles. The van der Waals surface area contributed by atoms with Crippen LogP contribution in [0.5, 0.6) is 0 Å². The van der Waals surface area contributed by atoms with Crippen molar-refractivity contribution >= 4 is 5.84 Å². The molecule has 0 unspecified atom stereocenters. The van der Waals surface area contributed by atoms with Crippen molar-refractivity contribution in [1.29, 1.82) is 0 Å². The third-order valence-corrected chi connectivity index (χ3v) is 2.20. The van der Waals surface area contributed by atoms with E-state index in [1.165, 1.54) is 6.07 Å². The molecule has 0 spiro atoms. The van der Waals surface area contributed by atoms with Crippen LogP contribution in [0.3, 0.4) is 0 Å². The molecular weight excluding hydrogens is 209 g/mol. The van der Waals surface area contributed by atoms with Gasteiger partial charge in [0.15, 0.2) is 5.84 Å². The molecule has 0 saturated carbocycles. The van der Waals surface area contributed by atoms with E-state index in [1.54, 1.807) is 12.1 Å². The van der Waals surface area contributed by atoms with Gasteiger partial charge in [-0.1, -0.05) is 24.2 Å². The lowest BCUT2D eigenvalue weighted by molar-refractivity contribution is 0.318. The summed E-state index contributed by atoms with van der Waals surface area (Å²) in [5.74, 6) is -0.656. The van der Waals surface area contributed by atoms with Gasteiger partial charge in [0.2, 0.25) is 0 Å². The lowest BCUT2D eigenvalue weighted by Crippen LogP contribution is -2.19. The molecule has 16 heavy (non-hydrogen) atoms. The van der Waals surface area contributed by atoms with E-state index in [0.29, 0.717) is 12.1 Å². The number of rotatable bonds is 5. The molecule has 0 fully saturated rings. The van der Waals surface area contributed by atoms with Gasteiger partial charge in [-0.05, 0) is 19.0 Å². The summed E-state index contributed by atoms with van der Waals surface area (Å²) >= 11 is 0. The number of nitrogens with two attached hydrogens (primary N) is 1. The molecule has 4 N–H and O–H groups in total. The lowest BCUT2D eigenvalue weighted by atomic mass is 10.1. The van der Waals surface area contributed by atoms with Crippen molar-refractivity contribution < 1.29 is 9.60 Å². The molecule has 4 nitrogen and oxygen atoms in total. The van der Waals surface area contributed by atoms with Crippen LogP contribution in [0.4, 0.5) is 4.39 Å². The van der Waals surface area contributed by atoms with Crippen LogP contribution in [0.15, 0.2) is 23.4 Å². The van der Waals surface area contributed by atoms with Crippen molar-refractivity contribution in [3.8, 4) is 0 Å². The Morgan fingerprint density at radius 2 is 2.31 bits per heavy atom. The van der Waals surface area contributed by atoms with Crippen molar-refractivity contribution in [3.05, 3.63) is 35.1 Å². The monoisotopic (exact) mass is 225 g/mol. The Morgan fingerprint density at radius 3 is 2.94 bits per heavy atom. The van der Waals surface area contributed by atoms with Crippen molar-refractivity contribution in [1.82, 2.24) is 5.32 Å². The van der Waals surface area contributed by atoms with Gasteiger partial charge in [-0.25, -0.2) is 4.39 Å². The van der Waals surface area contributed by atoms with Crippen LogP contribution in [0.2, 0.25) is 0 Å². The van der Waals surface area contributed by atoms with Crippen LogP contribution in [-0.2, 0) is 6.54 Å². The number of benzene rings is 1. The first kappa shape index (κ1) is 12.4. The molecule has 0 bridgehead atoms. The minimum atomic E-state index is -0.443. The highest BCUT2D eigenvalue weighted by Gasteiger charge is 2.10. The Hall–Kier alpha value is -1.62. The molecule has 5 heteroatoms. The highest BCUT2D eigenvalue weighted by atomic mass is 19.1. The van der Waals surface area contributed by atoms with Crippen molar-refractivity contribution in [3.63, 3.8) is 0 Å². The molecule has 0 heterocycles.